The minimum atomic E-state index is -4.52. The van der Waals surface area contributed by atoms with Gasteiger partial charge < -0.3 is 10.6 Å². The van der Waals surface area contributed by atoms with E-state index >= 15 is 0 Å². The molecule has 2 amide bonds. The van der Waals surface area contributed by atoms with Crippen molar-refractivity contribution < 1.29 is 18.0 Å². The summed E-state index contributed by atoms with van der Waals surface area (Å²) < 4.78 is 41.7. The average molecular weight is 365 g/mol. The van der Waals surface area contributed by atoms with Crippen molar-refractivity contribution in [1.82, 2.24) is 19.7 Å². The summed E-state index contributed by atoms with van der Waals surface area (Å²) in [5, 5.41) is 4.38. The molecular formula is C17H18F3N5O. The van der Waals surface area contributed by atoms with Crippen LogP contribution in [0.3, 0.4) is 0 Å². The van der Waals surface area contributed by atoms with Gasteiger partial charge in [-0.25, -0.2) is 14.5 Å². The van der Waals surface area contributed by atoms with Crippen LogP contribution in [0.25, 0.3) is 5.69 Å². The Morgan fingerprint density at radius 1 is 1.19 bits per heavy atom. The second kappa shape index (κ2) is 6.00. The van der Waals surface area contributed by atoms with Crippen molar-refractivity contribution in [2.45, 2.75) is 43.8 Å². The molecule has 0 spiro atoms. The van der Waals surface area contributed by atoms with Crippen LogP contribution in [-0.4, -0.2) is 32.2 Å². The van der Waals surface area contributed by atoms with Gasteiger partial charge in [-0.1, -0.05) is 12.1 Å². The number of alkyl halides is 3. The first-order valence-corrected chi connectivity index (χ1v) is 8.56. The topological polar surface area (TPSA) is 77.0 Å². The maximum atomic E-state index is 13.5. The standard InChI is InChI=1S/C17H18F3N5O/c18-17(19,20)11-4-1-2-5-12(11)25-15(22-14(23-25)10-7-8-10)13-6-3-9-24(13)16(21)26/h1-2,4-5,10,13H,3,6-9H2,(H2,21,26). The largest absolute Gasteiger partial charge is 0.418 e. The fraction of sp³-hybridized carbons (Fsp3) is 0.471. The van der Waals surface area contributed by atoms with Crippen molar-refractivity contribution in [3.8, 4) is 5.69 Å². The van der Waals surface area contributed by atoms with E-state index in [-0.39, 0.29) is 11.6 Å². The van der Waals surface area contributed by atoms with Gasteiger partial charge in [0.2, 0.25) is 0 Å². The number of benzene rings is 1. The van der Waals surface area contributed by atoms with Crippen molar-refractivity contribution in [3.63, 3.8) is 0 Å². The molecule has 1 saturated heterocycles. The molecule has 6 nitrogen and oxygen atoms in total. The van der Waals surface area contributed by atoms with Crippen LogP contribution < -0.4 is 5.73 Å². The SMILES string of the molecule is NC(=O)N1CCCC1c1nc(C2CC2)nn1-c1ccccc1C(F)(F)F. The number of aromatic nitrogens is 3. The van der Waals surface area contributed by atoms with Crippen LogP contribution in [0, 0.1) is 0 Å². The Bertz CT molecular complexity index is 843. The van der Waals surface area contributed by atoms with Crippen LogP contribution in [0.1, 0.15) is 54.9 Å². The highest BCUT2D eigenvalue weighted by Crippen LogP contribution is 2.41. The lowest BCUT2D eigenvalue weighted by Gasteiger charge is -2.23. The van der Waals surface area contributed by atoms with Gasteiger partial charge in [-0.2, -0.15) is 18.3 Å². The number of nitrogens with zero attached hydrogens (tertiary/aromatic N) is 4. The molecule has 2 N–H and O–H groups in total. The van der Waals surface area contributed by atoms with Crippen molar-refractivity contribution in [1.29, 1.82) is 0 Å². The Hall–Kier alpha value is -2.58. The smallest absolute Gasteiger partial charge is 0.351 e. The highest BCUT2D eigenvalue weighted by Gasteiger charge is 2.39. The summed E-state index contributed by atoms with van der Waals surface area (Å²) in [7, 11) is 0. The summed E-state index contributed by atoms with van der Waals surface area (Å²) >= 11 is 0. The van der Waals surface area contributed by atoms with Gasteiger partial charge in [-0.05, 0) is 37.8 Å². The van der Waals surface area contributed by atoms with Gasteiger partial charge in [-0.15, -0.1) is 0 Å². The summed E-state index contributed by atoms with van der Waals surface area (Å²) in [5.41, 5.74) is 4.58. The summed E-state index contributed by atoms with van der Waals surface area (Å²) in [5.74, 6) is 1.06. The predicted molar refractivity (Wildman–Crippen MR) is 86.6 cm³/mol. The van der Waals surface area contributed by atoms with E-state index in [4.69, 9.17) is 5.73 Å². The molecule has 2 heterocycles. The third-order valence-corrected chi connectivity index (χ3v) is 4.86. The monoisotopic (exact) mass is 365 g/mol. The van der Waals surface area contributed by atoms with E-state index in [1.807, 2.05) is 0 Å². The molecule has 2 aromatic rings. The molecule has 0 radical (unpaired) electrons. The van der Waals surface area contributed by atoms with Gasteiger partial charge in [0.15, 0.2) is 11.6 Å². The minimum absolute atomic E-state index is 0.0780. The van der Waals surface area contributed by atoms with E-state index in [9.17, 15) is 18.0 Å². The van der Waals surface area contributed by atoms with Crippen molar-refractivity contribution in [2.24, 2.45) is 5.73 Å². The zero-order valence-corrected chi connectivity index (χ0v) is 13.9. The number of hydrogen-bond acceptors (Lipinski definition) is 3. The van der Waals surface area contributed by atoms with E-state index in [2.05, 4.69) is 10.1 Å². The Morgan fingerprint density at radius 3 is 2.58 bits per heavy atom. The van der Waals surface area contributed by atoms with Gasteiger partial charge in [0.05, 0.1) is 17.3 Å². The molecule has 2 fully saturated rings. The Balaban J connectivity index is 1.86. The minimum Gasteiger partial charge on any atom is -0.351 e. The van der Waals surface area contributed by atoms with Gasteiger partial charge >= 0.3 is 12.2 Å². The molecule has 2 aliphatic rings. The molecule has 1 aromatic carbocycles. The number of rotatable bonds is 3. The fourth-order valence-corrected chi connectivity index (χ4v) is 3.45. The second-order valence-corrected chi connectivity index (χ2v) is 6.72. The van der Waals surface area contributed by atoms with E-state index in [0.717, 1.165) is 25.3 Å². The molecule has 26 heavy (non-hydrogen) atoms. The van der Waals surface area contributed by atoms with Gasteiger partial charge in [0.1, 0.15) is 0 Å². The van der Waals surface area contributed by atoms with Gasteiger partial charge in [0, 0.05) is 12.5 Å². The predicted octanol–water partition coefficient (Wildman–Crippen LogP) is 3.38. The second-order valence-electron chi connectivity index (χ2n) is 6.72. The number of urea groups is 1. The lowest BCUT2D eigenvalue weighted by molar-refractivity contribution is -0.137. The van der Waals surface area contributed by atoms with E-state index in [1.54, 1.807) is 0 Å². The maximum absolute atomic E-state index is 13.5. The first-order valence-electron chi connectivity index (χ1n) is 8.56. The molecule has 1 atom stereocenters. The summed E-state index contributed by atoms with van der Waals surface area (Å²) in [4.78, 5) is 17.7. The molecule has 1 unspecified atom stereocenters. The molecule has 1 saturated carbocycles. The Kier molecular flexibility index (Phi) is 3.89. The fourth-order valence-electron chi connectivity index (χ4n) is 3.45. The molecule has 138 valence electrons. The van der Waals surface area contributed by atoms with E-state index in [0.29, 0.717) is 24.6 Å². The number of carbonyl (C=O) groups excluding carboxylic acids is 1. The van der Waals surface area contributed by atoms with E-state index < -0.39 is 23.8 Å². The summed E-state index contributed by atoms with van der Waals surface area (Å²) in [6.45, 7) is 0.465. The Labute approximate surface area is 147 Å². The van der Waals surface area contributed by atoms with Crippen LogP contribution in [-0.2, 0) is 6.18 Å². The van der Waals surface area contributed by atoms with E-state index in [1.165, 1.54) is 27.8 Å². The van der Waals surface area contributed by atoms with Crippen LogP contribution in [0.5, 0.6) is 0 Å². The highest BCUT2D eigenvalue weighted by atomic mass is 19.4. The lowest BCUT2D eigenvalue weighted by Crippen LogP contribution is -2.36. The average Bonchev–Trinajstić information content (AvgIpc) is 3.16. The molecular weight excluding hydrogens is 347 g/mol. The molecule has 1 aromatic heterocycles. The summed E-state index contributed by atoms with van der Waals surface area (Å²) in [6.07, 6.45) is -1.35. The number of para-hydroxylation sites is 1. The lowest BCUT2D eigenvalue weighted by atomic mass is 10.1. The third kappa shape index (κ3) is 2.91. The van der Waals surface area contributed by atoms with Crippen molar-refractivity contribution in [3.05, 3.63) is 41.5 Å². The van der Waals surface area contributed by atoms with Crippen LogP contribution >= 0.6 is 0 Å². The first kappa shape index (κ1) is 16.9. The Morgan fingerprint density at radius 2 is 1.92 bits per heavy atom. The summed E-state index contributed by atoms with van der Waals surface area (Å²) in [6, 6.07) is 4.22. The number of primary amides is 1. The van der Waals surface area contributed by atoms with Crippen molar-refractivity contribution >= 4 is 6.03 Å². The number of hydrogen-bond donors (Lipinski definition) is 1. The molecule has 1 aliphatic carbocycles. The zero-order valence-electron chi connectivity index (χ0n) is 13.9. The number of carbonyl (C=O) groups is 1. The number of likely N-dealkylation sites (tertiary alicyclic amines) is 1. The first-order chi connectivity index (χ1) is 12.4. The molecule has 9 heteroatoms. The number of amides is 2. The normalized spacial score (nSPS) is 20.6. The van der Waals surface area contributed by atoms with Gasteiger partial charge in [0.25, 0.3) is 0 Å². The molecule has 1 aliphatic heterocycles. The van der Waals surface area contributed by atoms with Crippen LogP contribution in [0.2, 0.25) is 0 Å². The quantitative estimate of drug-likeness (QED) is 0.906. The molecule has 4 rings (SSSR count). The number of nitrogens with two attached hydrogens (primary N) is 1. The third-order valence-electron chi connectivity index (χ3n) is 4.86. The van der Waals surface area contributed by atoms with Gasteiger partial charge in [-0.3, -0.25) is 0 Å². The van der Waals surface area contributed by atoms with Crippen LogP contribution in [0.4, 0.5) is 18.0 Å². The zero-order chi connectivity index (χ0) is 18.5. The maximum Gasteiger partial charge on any atom is 0.418 e. The number of halogens is 3. The van der Waals surface area contributed by atoms with Crippen molar-refractivity contribution in [2.75, 3.05) is 6.54 Å². The molecule has 0 bridgehead atoms. The van der Waals surface area contributed by atoms with Crippen LogP contribution in [0.15, 0.2) is 24.3 Å². The highest BCUT2D eigenvalue weighted by molar-refractivity contribution is 5.72.